The summed E-state index contributed by atoms with van der Waals surface area (Å²) in [7, 11) is 0. The van der Waals surface area contributed by atoms with E-state index in [2.05, 4.69) is 10.7 Å². The number of hydrazine groups is 1. The van der Waals surface area contributed by atoms with Gasteiger partial charge in [0, 0.05) is 5.69 Å². The minimum absolute atomic E-state index is 0.0131. The van der Waals surface area contributed by atoms with E-state index in [9.17, 15) is 14.4 Å². The highest BCUT2D eigenvalue weighted by atomic mass is 35.5. The van der Waals surface area contributed by atoms with Gasteiger partial charge in [-0.25, -0.2) is 5.01 Å². The number of amides is 3. The molecule has 32 heavy (non-hydrogen) atoms. The van der Waals surface area contributed by atoms with E-state index in [0.717, 1.165) is 0 Å². The highest BCUT2D eigenvalue weighted by Gasteiger charge is 2.34. The van der Waals surface area contributed by atoms with Crippen molar-refractivity contribution in [2.75, 3.05) is 16.9 Å². The van der Waals surface area contributed by atoms with Crippen molar-refractivity contribution in [3.05, 3.63) is 95.0 Å². The zero-order valence-corrected chi connectivity index (χ0v) is 17.5. The second kappa shape index (κ2) is 9.36. The van der Waals surface area contributed by atoms with Crippen LogP contribution in [0.15, 0.2) is 84.4 Å². The number of nitrogens with one attached hydrogen (secondary N) is 2. The van der Waals surface area contributed by atoms with Crippen molar-refractivity contribution in [1.29, 1.82) is 0 Å². The van der Waals surface area contributed by atoms with Gasteiger partial charge in [0.15, 0.2) is 6.61 Å². The molecule has 0 aromatic heterocycles. The molecule has 160 valence electrons. The molecule has 8 heteroatoms. The fourth-order valence-corrected chi connectivity index (χ4v) is 3.31. The smallest absolute Gasteiger partial charge is 0.282 e. The average molecular weight is 448 g/mol. The number of halogens is 1. The summed E-state index contributed by atoms with van der Waals surface area (Å²) in [6.07, 6.45) is 1.46. The normalized spacial score (nSPS) is 14.4. The van der Waals surface area contributed by atoms with E-state index in [1.165, 1.54) is 11.1 Å². The lowest BCUT2D eigenvalue weighted by Gasteiger charge is -2.13. The minimum Gasteiger partial charge on any atom is -0.482 e. The highest BCUT2D eigenvalue weighted by molar-refractivity contribution is 6.33. The van der Waals surface area contributed by atoms with Crippen LogP contribution in [-0.2, 0) is 14.4 Å². The molecule has 0 aliphatic carbocycles. The Labute approximate surface area is 189 Å². The van der Waals surface area contributed by atoms with E-state index < -0.39 is 11.8 Å². The molecule has 1 aliphatic heterocycles. The minimum atomic E-state index is -0.507. The Bertz CT molecular complexity index is 1200. The van der Waals surface area contributed by atoms with Gasteiger partial charge >= 0.3 is 0 Å². The maximum absolute atomic E-state index is 12.7. The lowest BCUT2D eigenvalue weighted by Crippen LogP contribution is -2.35. The number of carbonyl (C=O) groups is 3. The third-order valence-corrected chi connectivity index (χ3v) is 4.88. The van der Waals surface area contributed by atoms with Gasteiger partial charge in [0.25, 0.3) is 17.7 Å². The molecule has 1 fully saturated rings. The first-order chi connectivity index (χ1) is 15.5. The Morgan fingerprint density at radius 2 is 1.69 bits per heavy atom. The molecule has 0 unspecified atom stereocenters. The molecule has 2 N–H and O–H groups in total. The fraction of sp³-hybridized carbons (Fsp3) is 0.0417. The van der Waals surface area contributed by atoms with Gasteiger partial charge < -0.3 is 10.1 Å². The zero-order chi connectivity index (χ0) is 22.5. The molecular formula is C24H18ClN3O4. The first-order valence-electron chi connectivity index (χ1n) is 9.71. The van der Waals surface area contributed by atoms with Gasteiger partial charge in [-0.05, 0) is 48.0 Å². The van der Waals surface area contributed by atoms with Gasteiger partial charge in [-0.1, -0.05) is 54.1 Å². The Morgan fingerprint density at radius 1 is 1.00 bits per heavy atom. The van der Waals surface area contributed by atoms with Crippen molar-refractivity contribution >= 4 is 46.8 Å². The van der Waals surface area contributed by atoms with E-state index in [1.54, 1.807) is 54.6 Å². The molecule has 1 saturated heterocycles. The number of anilines is 2. The van der Waals surface area contributed by atoms with Gasteiger partial charge in [-0.3, -0.25) is 19.8 Å². The van der Waals surface area contributed by atoms with Crippen LogP contribution in [0.5, 0.6) is 5.75 Å². The van der Waals surface area contributed by atoms with Crippen molar-refractivity contribution in [3.8, 4) is 5.75 Å². The Morgan fingerprint density at radius 3 is 2.38 bits per heavy atom. The van der Waals surface area contributed by atoms with Crippen molar-refractivity contribution in [3.63, 3.8) is 0 Å². The summed E-state index contributed by atoms with van der Waals surface area (Å²) in [6, 6.07) is 22.6. The Balaban J connectivity index is 1.43. The van der Waals surface area contributed by atoms with Gasteiger partial charge in [0.2, 0.25) is 0 Å². The summed E-state index contributed by atoms with van der Waals surface area (Å²) in [5.74, 6) is -0.985. The van der Waals surface area contributed by atoms with Crippen molar-refractivity contribution in [2.24, 2.45) is 0 Å². The summed E-state index contributed by atoms with van der Waals surface area (Å²) in [5.41, 5.74) is 4.30. The van der Waals surface area contributed by atoms with Crippen LogP contribution in [0.1, 0.15) is 5.56 Å². The van der Waals surface area contributed by atoms with Crippen LogP contribution in [0.4, 0.5) is 11.4 Å². The first kappa shape index (κ1) is 21.1. The van der Waals surface area contributed by atoms with Crippen LogP contribution in [0.3, 0.4) is 0 Å². The lowest BCUT2D eigenvalue weighted by atomic mass is 10.1. The molecule has 0 saturated carbocycles. The summed E-state index contributed by atoms with van der Waals surface area (Å²) >= 11 is 6.27. The topological polar surface area (TPSA) is 87.7 Å². The summed E-state index contributed by atoms with van der Waals surface area (Å²) in [5, 5.41) is 4.16. The number of rotatable bonds is 6. The van der Waals surface area contributed by atoms with Gasteiger partial charge in [-0.15, -0.1) is 0 Å². The average Bonchev–Trinajstić information content (AvgIpc) is 3.08. The highest BCUT2D eigenvalue weighted by Crippen LogP contribution is 2.28. The quantitative estimate of drug-likeness (QED) is 0.444. The number of carbonyl (C=O) groups excluding carboxylic acids is 3. The predicted octanol–water partition coefficient (Wildman–Crippen LogP) is 3.82. The number of ether oxygens (including phenoxy) is 1. The summed E-state index contributed by atoms with van der Waals surface area (Å²) < 4.78 is 5.49. The van der Waals surface area contributed by atoms with Crippen molar-refractivity contribution in [1.82, 2.24) is 5.43 Å². The number of hydrogen-bond acceptors (Lipinski definition) is 4. The molecule has 0 atom stereocenters. The van der Waals surface area contributed by atoms with Crippen LogP contribution in [-0.4, -0.2) is 24.3 Å². The van der Waals surface area contributed by atoms with E-state index in [4.69, 9.17) is 16.3 Å². The molecule has 0 spiro atoms. The number of nitrogens with zero attached hydrogens (tertiary/aromatic N) is 1. The van der Waals surface area contributed by atoms with E-state index in [1.807, 2.05) is 24.3 Å². The third kappa shape index (κ3) is 4.79. The second-order valence-electron chi connectivity index (χ2n) is 6.87. The molecule has 3 amide bonds. The largest absolute Gasteiger partial charge is 0.482 e. The van der Waals surface area contributed by atoms with Gasteiger partial charge in [0.05, 0.1) is 10.7 Å². The third-order valence-electron chi connectivity index (χ3n) is 4.59. The van der Waals surface area contributed by atoms with Gasteiger partial charge in [-0.2, -0.15) is 0 Å². The fourth-order valence-electron chi connectivity index (χ4n) is 3.07. The number of benzene rings is 3. The van der Waals surface area contributed by atoms with Crippen LogP contribution in [0, 0.1) is 0 Å². The SMILES string of the molecule is O=C(COc1ccc(C=C2C(=O)NN(c3ccccc3)C2=O)cc1Cl)Nc1ccccc1. The standard InChI is InChI=1S/C24H18ClN3O4/c25-20-14-16(11-12-21(20)32-15-22(29)26-17-7-3-1-4-8-17)13-19-23(30)27-28(24(19)31)18-9-5-2-6-10-18/h1-14H,15H2,(H,26,29)(H,27,30). The number of para-hydroxylation sites is 2. The maximum Gasteiger partial charge on any atom is 0.282 e. The molecule has 7 nitrogen and oxygen atoms in total. The molecule has 3 aromatic rings. The van der Waals surface area contributed by atoms with Crippen molar-refractivity contribution in [2.45, 2.75) is 0 Å². The monoisotopic (exact) mass is 447 g/mol. The maximum atomic E-state index is 12.7. The molecule has 0 radical (unpaired) electrons. The molecular weight excluding hydrogens is 430 g/mol. The summed E-state index contributed by atoms with van der Waals surface area (Å²) in [4.78, 5) is 37.0. The lowest BCUT2D eigenvalue weighted by molar-refractivity contribution is -0.118. The molecule has 4 rings (SSSR count). The van der Waals surface area contributed by atoms with Crippen molar-refractivity contribution < 1.29 is 19.1 Å². The summed E-state index contributed by atoms with van der Waals surface area (Å²) in [6.45, 7) is -0.220. The van der Waals surface area contributed by atoms with E-state index in [0.29, 0.717) is 22.7 Å². The first-order valence-corrected chi connectivity index (χ1v) is 10.1. The molecule has 0 bridgehead atoms. The zero-order valence-electron chi connectivity index (χ0n) is 16.7. The Kier molecular flexibility index (Phi) is 6.19. The van der Waals surface area contributed by atoms with Gasteiger partial charge in [0.1, 0.15) is 11.3 Å². The van der Waals surface area contributed by atoms with Crippen LogP contribution >= 0.6 is 11.6 Å². The van der Waals surface area contributed by atoms with Crippen LogP contribution in [0.2, 0.25) is 5.02 Å². The molecule has 1 aliphatic rings. The van der Waals surface area contributed by atoms with Crippen LogP contribution < -0.4 is 20.5 Å². The Hall–Kier alpha value is -4.10. The second-order valence-corrected chi connectivity index (χ2v) is 7.27. The number of hydrogen-bond donors (Lipinski definition) is 2. The van der Waals surface area contributed by atoms with E-state index >= 15 is 0 Å². The van der Waals surface area contributed by atoms with E-state index in [-0.39, 0.29) is 23.1 Å². The molecule has 1 heterocycles. The van der Waals surface area contributed by atoms with Crippen LogP contribution in [0.25, 0.3) is 6.08 Å². The molecule has 3 aromatic carbocycles. The predicted molar refractivity (Wildman–Crippen MR) is 122 cm³/mol.